The van der Waals surface area contributed by atoms with Crippen LogP contribution in [-0.4, -0.2) is 26.1 Å². The lowest BCUT2D eigenvalue weighted by atomic mass is 10.1. The second-order valence-corrected chi connectivity index (χ2v) is 7.57. The normalized spacial score (nSPS) is 11.3. The molecular weight excluding hydrogens is 376 g/mol. The van der Waals surface area contributed by atoms with Crippen molar-refractivity contribution in [1.29, 1.82) is 0 Å². The zero-order valence-corrected chi connectivity index (χ0v) is 17.6. The van der Waals surface area contributed by atoms with E-state index in [9.17, 15) is 4.79 Å². The highest BCUT2D eigenvalue weighted by Crippen LogP contribution is 2.19. The molecule has 30 heavy (non-hydrogen) atoms. The van der Waals surface area contributed by atoms with Gasteiger partial charge in [0, 0.05) is 46.1 Å². The van der Waals surface area contributed by atoms with Gasteiger partial charge in [-0.2, -0.15) is 0 Å². The molecule has 0 aliphatic rings. The summed E-state index contributed by atoms with van der Waals surface area (Å²) in [6.07, 6.45) is 3.65. The quantitative estimate of drug-likeness (QED) is 0.475. The molecular formula is C24H26N4O2. The molecule has 6 nitrogen and oxygen atoms in total. The van der Waals surface area contributed by atoms with Crippen LogP contribution in [-0.2, 0) is 33.7 Å². The van der Waals surface area contributed by atoms with Gasteiger partial charge in [0.1, 0.15) is 5.75 Å². The van der Waals surface area contributed by atoms with E-state index in [1.165, 1.54) is 16.7 Å². The van der Waals surface area contributed by atoms with Crippen LogP contribution in [0.15, 0.2) is 71.8 Å². The van der Waals surface area contributed by atoms with Crippen LogP contribution in [0.25, 0.3) is 11.0 Å². The lowest BCUT2D eigenvalue weighted by Gasteiger charge is -2.23. The summed E-state index contributed by atoms with van der Waals surface area (Å²) in [6, 6.07) is 18.5. The van der Waals surface area contributed by atoms with Crippen LogP contribution in [0, 0.1) is 0 Å². The molecule has 6 heteroatoms. The first-order valence-corrected chi connectivity index (χ1v) is 9.93. The van der Waals surface area contributed by atoms with Gasteiger partial charge in [0.25, 0.3) is 0 Å². The van der Waals surface area contributed by atoms with E-state index in [0.29, 0.717) is 0 Å². The Balaban J connectivity index is 1.62. The van der Waals surface area contributed by atoms with E-state index in [1.54, 1.807) is 16.2 Å². The van der Waals surface area contributed by atoms with Gasteiger partial charge in [-0.25, -0.2) is 4.79 Å². The number of ether oxygens (including phenoxy) is 1. The predicted molar refractivity (Wildman–Crippen MR) is 118 cm³/mol. The molecule has 0 N–H and O–H groups in total. The van der Waals surface area contributed by atoms with Crippen molar-refractivity contribution in [2.24, 2.45) is 14.1 Å². The lowest BCUT2D eigenvalue weighted by molar-refractivity contribution is 0.247. The molecule has 0 saturated heterocycles. The van der Waals surface area contributed by atoms with E-state index in [0.717, 1.165) is 36.4 Å². The molecule has 0 unspecified atom stereocenters. The van der Waals surface area contributed by atoms with Crippen molar-refractivity contribution in [3.63, 3.8) is 0 Å². The molecule has 2 aromatic heterocycles. The van der Waals surface area contributed by atoms with E-state index in [2.05, 4.69) is 34.1 Å². The van der Waals surface area contributed by atoms with Gasteiger partial charge in [-0.05, 0) is 53.1 Å². The summed E-state index contributed by atoms with van der Waals surface area (Å²) in [5, 5.41) is 0. The predicted octanol–water partition coefficient (Wildman–Crippen LogP) is 3.48. The van der Waals surface area contributed by atoms with Crippen molar-refractivity contribution in [2.75, 3.05) is 7.11 Å². The van der Waals surface area contributed by atoms with Gasteiger partial charge in [0.15, 0.2) is 0 Å². The van der Waals surface area contributed by atoms with Crippen molar-refractivity contribution < 1.29 is 4.74 Å². The SMILES string of the molecule is COc1ccc(CN(Cc2ccncc2)Cc2ccc3c(c2)n(C)c(=O)n3C)cc1. The Bertz CT molecular complexity index is 1190. The zero-order valence-electron chi connectivity index (χ0n) is 17.6. The molecule has 154 valence electrons. The van der Waals surface area contributed by atoms with E-state index >= 15 is 0 Å². The maximum Gasteiger partial charge on any atom is 0.328 e. The van der Waals surface area contributed by atoms with Gasteiger partial charge in [-0.3, -0.25) is 19.0 Å². The number of pyridine rings is 1. The highest BCUT2D eigenvalue weighted by molar-refractivity contribution is 5.76. The topological polar surface area (TPSA) is 52.3 Å². The molecule has 0 atom stereocenters. The molecule has 4 rings (SSSR count). The van der Waals surface area contributed by atoms with E-state index in [1.807, 2.05) is 56.8 Å². The second kappa shape index (κ2) is 8.55. The van der Waals surface area contributed by atoms with Crippen LogP contribution in [0.5, 0.6) is 5.75 Å². The van der Waals surface area contributed by atoms with Crippen molar-refractivity contribution in [2.45, 2.75) is 19.6 Å². The largest absolute Gasteiger partial charge is 0.497 e. The average molecular weight is 402 g/mol. The molecule has 2 heterocycles. The van der Waals surface area contributed by atoms with Crippen molar-refractivity contribution in [3.8, 4) is 5.75 Å². The standard InChI is InChI=1S/C24H26N4O2/c1-26-22-9-6-20(14-23(22)27(2)24(26)29)17-28(16-19-10-12-25-13-11-19)15-18-4-7-21(30-3)8-5-18/h4-14H,15-17H2,1-3H3. The Morgan fingerprint density at radius 2 is 1.37 bits per heavy atom. The Kier molecular flexibility index (Phi) is 5.68. The molecule has 0 aliphatic heterocycles. The Morgan fingerprint density at radius 1 is 0.800 bits per heavy atom. The monoisotopic (exact) mass is 402 g/mol. The summed E-state index contributed by atoms with van der Waals surface area (Å²) in [6.45, 7) is 2.38. The van der Waals surface area contributed by atoms with Crippen LogP contribution in [0.4, 0.5) is 0 Å². The highest BCUT2D eigenvalue weighted by atomic mass is 16.5. The first-order chi connectivity index (χ1) is 14.5. The van der Waals surface area contributed by atoms with Crippen LogP contribution in [0.3, 0.4) is 0 Å². The van der Waals surface area contributed by atoms with Crippen LogP contribution in [0.2, 0.25) is 0 Å². The minimum Gasteiger partial charge on any atom is -0.497 e. The number of imidazole rings is 1. The van der Waals surface area contributed by atoms with Crippen molar-refractivity contribution >= 4 is 11.0 Å². The Hall–Kier alpha value is -3.38. The third-order valence-corrected chi connectivity index (χ3v) is 5.46. The number of fused-ring (bicyclic) bond motifs is 1. The molecule has 0 fully saturated rings. The molecule has 0 bridgehead atoms. The smallest absolute Gasteiger partial charge is 0.328 e. The minimum atomic E-state index is -0.00553. The van der Waals surface area contributed by atoms with Gasteiger partial charge in [-0.15, -0.1) is 0 Å². The average Bonchev–Trinajstić information content (AvgIpc) is 2.99. The maximum atomic E-state index is 12.3. The van der Waals surface area contributed by atoms with E-state index in [-0.39, 0.29) is 5.69 Å². The van der Waals surface area contributed by atoms with Gasteiger partial charge in [0.05, 0.1) is 18.1 Å². The first kappa shape index (κ1) is 19.9. The summed E-state index contributed by atoms with van der Waals surface area (Å²) in [5.41, 5.74) is 5.50. The number of hydrogen-bond acceptors (Lipinski definition) is 4. The fourth-order valence-electron chi connectivity index (χ4n) is 3.81. The third-order valence-electron chi connectivity index (χ3n) is 5.46. The van der Waals surface area contributed by atoms with Gasteiger partial charge >= 0.3 is 5.69 Å². The van der Waals surface area contributed by atoms with Gasteiger partial charge in [-0.1, -0.05) is 18.2 Å². The molecule has 0 saturated carbocycles. The van der Waals surface area contributed by atoms with E-state index < -0.39 is 0 Å². The molecule has 0 spiro atoms. The Morgan fingerprint density at radius 3 is 2.03 bits per heavy atom. The molecule has 2 aromatic carbocycles. The summed E-state index contributed by atoms with van der Waals surface area (Å²) in [7, 11) is 5.31. The number of nitrogens with zero attached hydrogens (tertiary/aromatic N) is 4. The number of aryl methyl sites for hydroxylation is 2. The summed E-state index contributed by atoms with van der Waals surface area (Å²) < 4.78 is 8.67. The van der Waals surface area contributed by atoms with Crippen molar-refractivity contribution in [3.05, 3.63) is 94.2 Å². The van der Waals surface area contributed by atoms with Crippen molar-refractivity contribution in [1.82, 2.24) is 19.0 Å². The summed E-state index contributed by atoms with van der Waals surface area (Å²) in [4.78, 5) is 18.8. The van der Waals surface area contributed by atoms with Gasteiger partial charge < -0.3 is 4.74 Å². The summed E-state index contributed by atoms with van der Waals surface area (Å²) in [5.74, 6) is 0.856. The Labute approximate surface area is 176 Å². The molecule has 0 radical (unpaired) electrons. The number of hydrogen-bond donors (Lipinski definition) is 0. The zero-order chi connectivity index (χ0) is 21.1. The third kappa shape index (κ3) is 4.14. The number of rotatable bonds is 7. The van der Waals surface area contributed by atoms with Crippen LogP contribution >= 0.6 is 0 Å². The van der Waals surface area contributed by atoms with Gasteiger partial charge in [0.2, 0.25) is 0 Å². The first-order valence-electron chi connectivity index (χ1n) is 9.93. The molecule has 4 aromatic rings. The van der Waals surface area contributed by atoms with Crippen LogP contribution in [0.1, 0.15) is 16.7 Å². The van der Waals surface area contributed by atoms with E-state index in [4.69, 9.17) is 4.74 Å². The molecule has 0 amide bonds. The number of methoxy groups -OCH3 is 1. The lowest BCUT2D eigenvalue weighted by Crippen LogP contribution is -2.22. The maximum absolute atomic E-state index is 12.3. The van der Waals surface area contributed by atoms with Crippen LogP contribution < -0.4 is 10.4 Å². The number of benzene rings is 2. The summed E-state index contributed by atoms with van der Waals surface area (Å²) >= 11 is 0. The fraction of sp³-hybridized carbons (Fsp3) is 0.250. The fourth-order valence-corrected chi connectivity index (χ4v) is 3.81. The molecule has 0 aliphatic carbocycles. The highest BCUT2D eigenvalue weighted by Gasteiger charge is 2.12. The minimum absolute atomic E-state index is 0.00553. The second-order valence-electron chi connectivity index (χ2n) is 7.57. The number of aromatic nitrogens is 3.